The predicted octanol–water partition coefficient (Wildman–Crippen LogP) is 2.62. The van der Waals surface area contributed by atoms with Gasteiger partial charge in [-0.05, 0) is 30.9 Å². The molecule has 1 unspecified atom stereocenters. The summed E-state index contributed by atoms with van der Waals surface area (Å²) in [6.45, 7) is 1.46. The van der Waals surface area contributed by atoms with E-state index < -0.39 is 6.43 Å². The Labute approximate surface area is 100 Å². The van der Waals surface area contributed by atoms with Crippen molar-refractivity contribution in [1.82, 2.24) is 5.32 Å². The summed E-state index contributed by atoms with van der Waals surface area (Å²) in [5, 5.41) is 3.38. The molecule has 0 radical (unpaired) electrons. The van der Waals surface area contributed by atoms with Gasteiger partial charge in [0.25, 0.3) is 6.43 Å². The van der Waals surface area contributed by atoms with Crippen molar-refractivity contribution in [2.75, 3.05) is 13.1 Å². The average Bonchev–Trinajstić information content (AvgIpc) is 3.14. The van der Waals surface area contributed by atoms with Crippen LogP contribution in [-0.4, -0.2) is 13.1 Å². The smallest absolute Gasteiger partial charge is 0.263 e. The molecule has 0 spiro atoms. The minimum absolute atomic E-state index is 0.0618. The van der Waals surface area contributed by atoms with Crippen LogP contribution in [0.5, 0.6) is 0 Å². The molecule has 1 aliphatic rings. The predicted molar refractivity (Wildman–Crippen MR) is 63.9 cm³/mol. The minimum atomic E-state index is -2.40. The van der Waals surface area contributed by atoms with E-state index in [1.54, 1.807) is 12.1 Å². The van der Waals surface area contributed by atoms with Crippen molar-refractivity contribution in [3.63, 3.8) is 0 Å². The lowest BCUT2D eigenvalue weighted by Crippen LogP contribution is -2.29. The number of hydrogen-bond donors (Lipinski definition) is 2. The quantitative estimate of drug-likeness (QED) is 0.802. The average molecular weight is 240 g/mol. The number of nitrogens with one attached hydrogen (secondary N) is 1. The van der Waals surface area contributed by atoms with E-state index in [1.165, 1.54) is 25.0 Å². The Morgan fingerprint density at radius 2 is 1.76 bits per heavy atom. The number of hydrogen-bond acceptors (Lipinski definition) is 2. The van der Waals surface area contributed by atoms with E-state index in [0.29, 0.717) is 6.54 Å². The number of nitrogens with two attached hydrogens (primary N) is 1. The summed E-state index contributed by atoms with van der Waals surface area (Å²) >= 11 is 0. The van der Waals surface area contributed by atoms with E-state index in [-0.39, 0.29) is 11.6 Å². The molecule has 0 heterocycles. The van der Waals surface area contributed by atoms with E-state index in [1.807, 2.05) is 0 Å². The van der Waals surface area contributed by atoms with Gasteiger partial charge in [0.15, 0.2) is 0 Å². The van der Waals surface area contributed by atoms with Gasteiger partial charge in [-0.3, -0.25) is 0 Å². The molecule has 0 aromatic heterocycles. The second-order valence-corrected chi connectivity index (χ2v) is 4.61. The van der Waals surface area contributed by atoms with Crippen LogP contribution in [-0.2, 0) is 0 Å². The second-order valence-electron chi connectivity index (χ2n) is 4.61. The van der Waals surface area contributed by atoms with E-state index in [9.17, 15) is 8.78 Å². The van der Waals surface area contributed by atoms with E-state index >= 15 is 0 Å². The van der Waals surface area contributed by atoms with Crippen molar-refractivity contribution in [2.45, 2.75) is 25.3 Å². The molecule has 1 saturated carbocycles. The monoisotopic (exact) mass is 240 g/mol. The minimum Gasteiger partial charge on any atom is -0.329 e. The number of halogens is 2. The van der Waals surface area contributed by atoms with Crippen LogP contribution in [0.25, 0.3) is 0 Å². The Kier molecular flexibility index (Phi) is 4.07. The summed E-state index contributed by atoms with van der Waals surface area (Å²) in [5.74, 6) is 0.782. The Morgan fingerprint density at radius 1 is 1.18 bits per heavy atom. The van der Waals surface area contributed by atoms with Crippen molar-refractivity contribution < 1.29 is 8.78 Å². The molecule has 1 atom stereocenters. The van der Waals surface area contributed by atoms with Gasteiger partial charge in [0.1, 0.15) is 0 Å². The summed E-state index contributed by atoms with van der Waals surface area (Å²) in [6.07, 6.45) is 0.170. The first-order chi connectivity index (χ1) is 8.20. The van der Waals surface area contributed by atoms with Crippen LogP contribution in [0.2, 0.25) is 0 Å². The first-order valence-electron chi connectivity index (χ1n) is 6.02. The SMILES string of the molecule is NCC(NCC1CC1)c1ccc(C(F)F)cc1. The van der Waals surface area contributed by atoms with Gasteiger partial charge < -0.3 is 11.1 Å². The Bertz CT molecular complexity index is 347. The maximum absolute atomic E-state index is 12.4. The fourth-order valence-corrected chi connectivity index (χ4v) is 1.84. The molecular formula is C13H18F2N2. The first-order valence-corrected chi connectivity index (χ1v) is 6.02. The lowest BCUT2D eigenvalue weighted by atomic mass is 10.0. The highest BCUT2D eigenvalue weighted by molar-refractivity contribution is 5.26. The normalized spacial score (nSPS) is 17.4. The maximum Gasteiger partial charge on any atom is 0.263 e. The largest absolute Gasteiger partial charge is 0.329 e. The van der Waals surface area contributed by atoms with Gasteiger partial charge in [0, 0.05) is 18.2 Å². The van der Waals surface area contributed by atoms with Gasteiger partial charge in [-0.1, -0.05) is 24.3 Å². The van der Waals surface area contributed by atoms with Crippen LogP contribution in [0.1, 0.15) is 36.4 Å². The van der Waals surface area contributed by atoms with Crippen LogP contribution in [0.4, 0.5) is 8.78 Å². The molecule has 1 aromatic rings. The van der Waals surface area contributed by atoms with Crippen molar-refractivity contribution in [2.24, 2.45) is 11.7 Å². The van der Waals surface area contributed by atoms with Crippen molar-refractivity contribution in [1.29, 1.82) is 0 Å². The maximum atomic E-state index is 12.4. The zero-order valence-electron chi connectivity index (χ0n) is 9.70. The van der Waals surface area contributed by atoms with E-state index in [4.69, 9.17) is 5.73 Å². The van der Waals surface area contributed by atoms with Gasteiger partial charge >= 0.3 is 0 Å². The molecule has 2 rings (SSSR count). The molecule has 94 valence electrons. The van der Waals surface area contributed by atoms with Crippen LogP contribution in [0.15, 0.2) is 24.3 Å². The third kappa shape index (κ3) is 3.48. The second kappa shape index (κ2) is 5.56. The fraction of sp³-hybridized carbons (Fsp3) is 0.538. The topological polar surface area (TPSA) is 38.0 Å². The van der Waals surface area contributed by atoms with Crippen molar-refractivity contribution >= 4 is 0 Å². The van der Waals surface area contributed by atoms with Crippen LogP contribution in [0.3, 0.4) is 0 Å². The number of rotatable bonds is 6. The zero-order chi connectivity index (χ0) is 12.3. The summed E-state index contributed by atoms with van der Waals surface area (Å²) in [7, 11) is 0. The van der Waals surface area contributed by atoms with Gasteiger partial charge in [-0.25, -0.2) is 8.78 Å². The third-order valence-corrected chi connectivity index (χ3v) is 3.18. The van der Waals surface area contributed by atoms with E-state index in [2.05, 4.69) is 5.32 Å². The lowest BCUT2D eigenvalue weighted by Gasteiger charge is -2.17. The molecule has 1 aliphatic carbocycles. The van der Waals surface area contributed by atoms with Crippen LogP contribution in [0, 0.1) is 5.92 Å². The van der Waals surface area contributed by atoms with Crippen molar-refractivity contribution in [3.05, 3.63) is 35.4 Å². The standard InChI is InChI=1S/C13H18F2N2/c14-13(15)11-5-3-10(4-6-11)12(7-16)17-8-9-1-2-9/h3-6,9,12-13,17H,1-2,7-8,16H2. The highest BCUT2D eigenvalue weighted by Gasteiger charge is 2.22. The first kappa shape index (κ1) is 12.5. The Morgan fingerprint density at radius 3 is 2.24 bits per heavy atom. The molecule has 2 nitrogen and oxygen atoms in total. The Hall–Kier alpha value is -1.00. The molecule has 0 amide bonds. The van der Waals surface area contributed by atoms with Crippen LogP contribution >= 0.6 is 0 Å². The summed E-state index contributed by atoms with van der Waals surface area (Å²) in [4.78, 5) is 0. The molecule has 1 fully saturated rings. The number of benzene rings is 1. The van der Waals surface area contributed by atoms with Crippen LogP contribution < -0.4 is 11.1 Å². The molecule has 0 bridgehead atoms. The van der Waals surface area contributed by atoms with E-state index in [0.717, 1.165) is 18.0 Å². The Balaban J connectivity index is 1.96. The zero-order valence-corrected chi connectivity index (χ0v) is 9.70. The molecule has 17 heavy (non-hydrogen) atoms. The van der Waals surface area contributed by atoms with Gasteiger partial charge in [0.05, 0.1) is 0 Å². The molecule has 0 saturated heterocycles. The molecule has 0 aliphatic heterocycles. The van der Waals surface area contributed by atoms with Gasteiger partial charge in [0.2, 0.25) is 0 Å². The molecule has 1 aromatic carbocycles. The van der Waals surface area contributed by atoms with Gasteiger partial charge in [-0.15, -0.1) is 0 Å². The highest BCUT2D eigenvalue weighted by Crippen LogP contribution is 2.28. The fourth-order valence-electron chi connectivity index (χ4n) is 1.84. The molecular weight excluding hydrogens is 222 g/mol. The van der Waals surface area contributed by atoms with Crippen molar-refractivity contribution in [3.8, 4) is 0 Å². The lowest BCUT2D eigenvalue weighted by molar-refractivity contribution is 0.151. The summed E-state index contributed by atoms with van der Waals surface area (Å²) in [5.41, 5.74) is 6.74. The number of alkyl halides is 2. The highest BCUT2D eigenvalue weighted by atomic mass is 19.3. The third-order valence-electron chi connectivity index (χ3n) is 3.18. The van der Waals surface area contributed by atoms with Gasteiger partial charge in [-0.2, -0.15) is 0 Å². The summed E-state index contributed by atoms with van der Waals surface area (Å²) < 4.78 is 24.8. The molecule has 3 N–H and O–H groups in total. The molecule has 4 heteroatoms. The summed E-state index contributed by atoms with van der Waals surface area (Å²) in [6, 6.07) is 6.49.